The zero-order valence-corrected chi connectivity index (χ0v) is 22.0. The highest BCUT2D eigenvalue weighted by atomic mass is 79.9. The zero-order valence-electron chi connectivity index (χ0n) is 19.6. The molecule has 182 valence electrons. The summed E-state index contributed by atoms with van der Waals surface area (Å²) in [7, 11) is -2.28. The molecule has 1 heterocycles. The molecule has 3 N–H and O–H groups in total. The SMILES string of the molecule is CCOc1cc(N(CC)CC)ccc1Nc1ncc(Br)c(Nc2ccccc2S(=O)(=O)NC)n1. The maximum absolute atomic E-state index is 12.4. The molecule has 1 aromatic heterocycles. The van der Waals surface area contributed by atoms with Crippen LogP contribution in [0, 0.1) is 0 Å². The fourth-order valence-electron chi connectivity index (χ4n) is 3.35. The third kappa shape index (κ3) is 5.96. The average Bonchev–Trinajstić information content (AvgIpc) is 2.84. The Balaban J connectivity index is 1.92. The van der Waals surface area contributed by atoms with Gasteiger partial charge < -0.3 is 20.3 Å². The number of sulfonamides is 1. The first-order chi connectivity index (χ1) is 16.3. The van der Waals surface area contributed by atoms with E-state index >= 15 is 0 Å². The molecule has 0 aliphatic rings. The van der Waals surface area contributed by atoms with Crippen molar-refractivity contribution in [3.05, 3.63) is 53.1 Å². The highest BCUT2D eigenvalue weighted by Gasteiger charge is 2.18. The molecule has 9 nitrogen and oxygen atoms in total. The van der Waals surface area contributed by atoms with Gasteiger partial charge in [-0.2, -0.15) is 4.98 Å². The number of ether oxygens (including phenoxy) is 1. The summed E-state index contributed by atoms with van der Waals surface area (Å²) >= 11 is 3.44. The summed E-state index contributed by atoms with van der Waals surface area (Å²) < 4.78 is 33.6. The second-order valence-electron chi connectivity index (χ2n) is 7.13. The molecular formula is C23H29BrN6O3S. The number of anilines is 5. The van der Waals surface area contributed by atoms with Crippen LogP contribution >= 0.6 is 15.9 Å². The third-order valence-corrected chi connectivity index (χ3v) is 7.14. The molecule has 2 aromatic carbocycles. The summed E-state index contributed by atoms with van der Waals surface area (Å²) in [4.78, 5) is 11.2. The van der Waals surface area contributed by atoms with Crippen LogP contribution in [-0.4, -0.2) is 45.1 Å². The second-order valence-corrected chi connectivity index (χ2v) is 9.84. The van der Waals surface area contributed by atoms with Crippen LogP contribution in [0.2, 0.25) is 0 Å². The van der Waals surface area contributed by atoms with Gasteiger partial charge in [-0.25, -0.2) is 18.1 Å². The molecule has 0 aliphatic carbocycles. The van der Waals surface area contributed by atoms with E-state index < -0.39 is 10.0 Å². The van der Waals surface area contributed by atoms with Crippen molar-refractivity contribution in [2.45, 2.75) is 25.7 Å². The largest absolute Gasteiger partial charge is 0.492 e. The van der Waals surface area contributed by atoms with Gasteiger partial charge in [-0.3, -0.25) is 0 Å². The molecule has 0 spiro atoms. The van der Waals surface area contributed by atoms with Crippen LogP contribution in [0.1, 0.15) is 20.8 Å². The maximum Gasteiger partial charge on any atom is 0.242 e. The number of halogens is 1. The zero-order chi connectivity index (χ0) is 24.7. The lowest BCUT2D eigenvalue weighted by molar-refractivity contribution is 0.342. The van der Waals surface area contributed by atoms with E-state index in [-0.39, 0.29) is 4.90 Å². The molecule has 3 rings (SSSR count). The van der Waals surface area contributed by atoms with Crippen LogP contribution in [0.25, 0.3) is 0 Å². The summed E-state index contributed by atoms with van der Waals surface area (Å²) in [6.07, 6.45) is 1.59. The monoisotopic (exact) mass is 548 g/mol. The average molecular weight is 549 g/mol. The number of nitrogens with zero attached hydrogens (tertiary/aromatic N) is 3. The minimum absolute atomic E-state index is 0.114. The summed E-state index contributed by atoms with van der Waals surface area (Å²) in [5.74, 6) is 1.43. The van der Waals surface area contributed by atoms with Gasteiger partial charge >= 0.3 is 0 Å². The highest BCUT2D eigenvalue weighted by Crippen LogP contribution is 2.33. The van der Waals surface area contributed by atoms with E-state index in [0.717, 1.165) is 24.5 Å². The summed E-state index contributed by atoms with van der Waals surface area (Å²) in [6, 6.07) is 12.6. The van der Waals surface area contributed by atoms with Crippen LogP contribution in [0.15, 0.2) is 58.0 Å². The van der Waals surface area contributed by atoms with Crippen molar-refractivity contribution in [3.63, 3.8) is 0 Å². The molecular weight excluding hydrogens is 520 g/mol. The van der Waals surface area contributed by atoms with Gasteiger partial charge in [0.05, 0.1) is 22.5 Å². The summed E-state index contributed by atoms with van der Waals surface area (Å²) in [6.45, 7) is 8.46. The van der Waals surface area contributed by atoms with Gasteiger partial charge in [-0.05, 0) is 68.0 Å². The van der Waals surface area contributed by atoms with E-state index in [1.54, 1.807) is 24.4 Å². The van der Waals surface area contributed by atoms with Gasteiger partial charge in [0.2, 0.25) is 16.0 Å². The van der Waals surface area contributed by atoms with E-state index in [1.807, 2.05) is 25.1 Å². The molecule has 0 saturated carbocycles. The molecule has 34 heavy (non-hydrogen) atoms. The van der Waals surface area contributed by atoms with Crippen molar-refractivity contribution in [2.75, 3.05) is 42.3 Å². The normalized spacial score (nSPS) is 11.2. The van der Waals surface area contributed by atoms with E-state index in [9.17, 15) is 8.42 Å². The summed E-state index contributed by atoms with van der Waals surface area (Å²) in [5.41, 5.74) is 2.19. The molecule has 0 unspecified atom stereocenters. The predicted octanol–water partition coefficient (Wildman–Crippen LogP) is 4.88. The Labute approximate surface area is 209 Å². The quantitative estimate of drug-likeness (QED) is 0.311. The van der Waals surface area contributed by atoms with Crippen molar-refractivity contribution < 1.29 is 13.2 Å². The third-order valence-electron chi connectivity index (χ3n) is 5.08. The van der Waals surface area contributed by atoms with Crippen LogP contribution in [-0.2, 0) is 10.0 Å². The molecule has 0 bridgehead atoms. The van der Waals surface area contributed by atoms with Crippen molar-refractivity contribution >= 4 is 54.8 Å². The van der Waals surface area contributed by atoms with Gasteiger partial charge in [-0.1, -0.05) is 12.1 Å². The van der Waals surface area contributed by atoms with Crippen LogP contribution in [0.3, 0.4) is 0 Å². The lowest BCUT2D eigenvalue weighted by Gasteiger charge is -2.23. The lowest BCUT2D eigenvalue weighted by Crippen LogP contribution is -2.21. The van der Waals surface area contributed by atoms with Crippen molar-refractivity contribution in [2.24, 2.45) is 0 Å². The van der Waals surface area contributed by atoms with E-state index in [2.05, 4.69) is 60.0 Å². The number of benzene rings is 2. The number of nitrogens with one attached hydrogen (secondary N) is 3. The molecule has 0 radical (unpaired) electrons. The minimum atomic E-state index is -3.66. The molecule has 0 aliphatic heterocycles. The van der Waals surface area contributed by atoms with Gasteiger partial charge in [0.1, 0.15) is 16.5 Å². The first-order valence-electron chi connectivity index (χ1n) is 10.9. The second kappa shape index (κ2) is 11.5. The van der Waals surface area contributed by atoms with Gasteiger partial charge in [0.25, 0.3) is 0 Å². The van der Waals surface area contributed by atoms with Crippen LogP contribution in [0.5, 0.6) is 5.75 Å². The van der Waals surface area contributed by atoms with Crippen LogP contribution in [0.4, 0.5) is 28.8 Å². The number of aromatic nitrogens is 2. The minimum Gasteiger partial charge on any atom is -0.492 e. The maximum atomic E-state index is 12.4. The fourth-order valence-corrected chi connectivity index (χ4v) is 4.53. The Morgan fingerprint density at radius 3 is 2.44 bits per heavy atom. The number of rotatable bonds is 11. The van der Waals surface area contributed by atoms with Crippen molar-refractivity contribution in [1.82, 2.24) is 14.7 Å². The fraction of sp³-hybridized carbons (Fsp3) is 0.304. The Hall–Kier alpha value is -2.89. The van der Waals surface area contributed by atoms with E-state index in [1.165, 1.54) is 13.1 Å². The first kappa shape index (κ1) is 25.7. The standard InChI is InChI=1S/C23H29BrN6O3S/c1-5-30(6-2)16-12-13-18(20(14-16)33-7-3)28-23-26-15-17(24)22(29-23)27-19-10-8-9-11-21(19)34(31,32)25-4/h8-15,25H,5-7H2,1-4H3,(H2,26,27,28,29). The van der Waals surface area contributed by atoms with E-state index in [4.69, 9.17) is 4.74 Å². The Kier molecular flexibility index (Phi) is 8.70. The molecule has 0 atom stereocenters. The molecule has 0 amide bonds. The Bertz CT molecular complexity index is 1240. The number of para-hydroxylation sites is 1. The Morgan fingerprint density at radius 1 is 1.03 bits per heavy atom. The highest BCUT2D eigenvalue weighted by molar-refractivity contribution is 9.10. The molecule has 3 aromatic rings. The Morgan fingerprint density at radius 2 is 1.76 bits per heavy atom. The van der Waals surface area contributed by atoms with Crippen molar-refractivity contribution in [1.29, 1.82) is 0 Å². The number of hydrogen-bond acceptors (Lipinski definition) is 8. The van der Waals surface area contributed by atoms with Crippen LogP contribution < -0.4 is 25.0 Å². The molecule has 0 saturated heterocycles. The topological polar surface area (TPSA) is 108 Å². The smallest absolute Gasteiger partial charge is 0.242 e. The molecule has 0 fully saturated rings. The van der Waals surface area contributed by atoms with Gasteiger partial charge in [0, 0.05) is 31.0 Å². The summed E-state index contributed by atoms with van der Waals surface area (Å²) in [5, 5.41) is 6.30. The number of hydrogen-bond donors (Lipinski definition) is 3. The van der Waals surface area contributed by atoms with Gasteiger partial charge in [0.15, 0.2) is 0 Å². The van der Waals surface area contributed by atoms with Crippen molar-refractivity contribution in [3.8, 4) is 5.75 Å². The first-order valence-corrected chi connectivity index (χ1v) is 13.2. The van der Waals surface area contributed by atoms with Gasteiger partial charge in [-0.15, -0.1) is 0 Å². The predicted molar refractivity (Wildman–Crippen MR) is 140 cm³/mol. The van der Waals surface area contributed by atoms with E-state index in [0.29, 0.717) is 34.3 Å². The molecule has 11 heteroatoms. The lowest BCUT2D eigenvalue weighted by atomic mass is 10.2.